The molecular weight excluding hydrogens is 307 g/mol. The third-order valence-corrected chi connectivity index (χ3v) is 5.52. The normalized spacial score (nSPS) is 23.2. The smallest absolute Gasteiger partial charge is 0.317 e. The van der Waals surface area contributed by atoms with Crippen LogP contribution in [0.5, 0.6) is 5.75 Å². The van der Waals surface area contributed by atoms with E-state index in [0.717, 1.165) is 18.4 Å². The standard InChI is InChI=1S/C19H25FN2O2/c1-22(18(12-4-5-12)13-6-7-13)19(23)21-16-3-2-10-24-17-9-8-14(20)11-15(16)17/h8-9,11-13,16,18H,2-7,10H2,1H3,(H,21,23)/t16-/m0/s1. The van der Waals surface area contributed by atoms with E-state index in [0.29, 0.717) is 30.2 Å². The van der Waals surface area contributed by atoms with E-state index >= 15 is 0 Å². The van der Waals surface area contributed by atoms with Crippen molar-refractivity contribution in [3.63, 3.8) is 0 Å². The number of urea groups is 1. The number of carbonyl (C=O) groups excluding carboxylic acids is 1. The summed E-state index contributed by atoms with van der Waals surface area (Å²) in [5, 5.41) is 3.13. The van der Waals surface area contributed by atoms with Gasteiger partial charge in [-0.1, -0.05) is 0 Å². The highest BCUT2D eigenvalue weighted by atomic mass is 19.1. The molecule has 2 fully saturated rings. The molecule has 24 heavy (non-hydrogen) atoms. The Morgan fingerprint density at radius 3 is 2.62 bits per heavy atom. The van der Waals surface area contributed by atoms with E-state index in [9.17, 15) is 9.18 Å². The second kappa shape index (κ2) is 6.26. The fourth-order valence-corrected chi connectivity index (χ4v) is 3.98. The molecule has 0 radical (unpaired) electrons. The summed E-state index contributed by atoms with van der Waals surface area (Å²) >= 11 is 0. The van der Waals surface area contributed by atoms with Crippen molar-refractivity contribution in [2.75, 3.05) is 13.7 Å². The van der Waals surface area contributed by atoms with Crippen LogP contribution in [0.1, 0.15) is 50.1 Å². The zero-order valence-electron chi connectivity index (χ0n) is 14.1. The summed E-state index contributed by atoms with van der Waals surface area (Å²) in [6.07, 6.45) is 6.58. The van der Waals surface area contributed by atoms with Crippen molar-refractivity contribution in [2.24, 2.45) is 11.8 Å². The molecule has 0 saturated heterocycles. The van der Waals surface area contributed by atoms with Gasteiger partial charge < -0.3 is 15.0 Å². The Labute approximate surface area is 142 Å². The Hall–Kier alpha value is -1.78. The first-order valence-corrected chi connectivity index (χ1v) is 9.09. The summed E-state index contributed by atoms with van der Waals surface area (Å²) in [5.74, 6) is 1.74. The van der Waals surface area contributed by atoms with Crippen molar-refractivity contribution in [3.05, 3.63) is 29.6 Å². The van der Waals surface area contributed by atoms with E-state index in [1.54, 1.807) is 6.07 Å². The third-order valence-electron chi connectivity index (χ3n) is 5.52. The number of hydrogen-bond donors (Lipinski definition) is 1. The average Bonchev–Trinajstić information content (AvgIpc) is 3.44. The number of fused-ring (bicyclic) bond motifs is 1. The zero-order valence-corrected chi connectivity index (χ0v) is 14.1. The number of amides is 2. The lowest BCUT2D eigenvalue weighted by atomic mass is 10.0. The summed E-state index contributed by atoms with van der Waals surface area (Å²) in [6, 6.07) is 4.71. The predicted octanol–water partition coefficient (Wildman–Crippen LogP) is 3.87. The largest absolute Gasteiger partial charge is 0.493 e. The van der Waals surface area contributed by atoms with Gasteiger partial charge in [0.25, 0.3) is 0 Å². The molecule has 1 aromatic carbocycles. The Bertz CT molecular complexity index is 616. The highest BCUT2D eigenvalue weighted by Crippen LogP contribution is 2.47. The molecular formula is C19H25FN2O2. The maximum Gasteiger partial charge on any atom is 0.317 e. The number of nitrogens with zero attached hydrogens (tertiary/aromatic N) is 1. The molecule has 0 aromatic heterocycles. The van der Waals surface area contributed by atoms with Crippen LogP contribution in [0.3, 0.4) is 0 Å². The molecule has 1 N–H and O–H groups in total. The van der Waals surface area contributed by atoms with Crippen molar-refractivity contribution >= 4 is 6.03 Å². The molecule has 2 aliphatic carbocycles. The lowest BCUT2D eigenvalue weighted by Gasteiger charge is -2.30. The van der Waals surface area contributed by atoms with E-state index in [2.05, 4.69) is 5.32 Å². The second-order valence-corrected chi connectivity index (χ2v) is 7.45. The molecule has 1 heterocycles. The fraction of sp³-hybridized carbons (Fsp3) is 0.632. The number of ether oxygens (including phenoxy) is 1. The van der Waals surface area contributed by atoms with Gasteiger partial charge in [0.15, 0.2) is 0 Å². The number of rotatable bonds is 4. The molecule has 2 amide bonds. The molecule has 0 spiro atoms. The van der Waals surface area contributed by atoms with Gasteiger partial charge >= 0.3 is 6.03 Å². The van der Waals surface area contributed by atoms with Crippen LogP contribution >= 0.6 is 0 Å². The Morgan fingerprint density at radius 2 is 1.96 bits per heavy atom. The minimum atomic E-state index is -0.291. The van der Waals surface area contributed by atoms with Gasteiger partial charge in [-0.3, -0.25) is 0 Å². The maximum atomic E-state index is 13.7. The Balaban J connectivity index is 1.49. The molecule has 3 aliphatic rings. The highest BCUT2D eigenvalue weighted by molar-refractivity contribution is 5.75. The topological polar surface area (TPSA) is 41.6 Å². The lowest BCUT2D eigenvalue weighted by molar-refractivity contribution is 0.170. The first-order valence-electron chi connectivity index (χ1n) is 9.09. The highest BCUT2D eigenvalue weighted by Gasteiger charge is 2.45. The molecule has 4 rings (SSSR count). The van der Waals surface area contributed by atoms with E-state index in [1.165, 1.54) is 37.8 Å². The van der Waals surface area contributed by atoms with Gasteiger partial charge in [-0.2, -0.15) is 0 Å². The zero-order chi connectivity index (χ0) is 16.7. The van der Waals surface area contributed by atoms with Crippen LogP contribution < -0.4 is 10.1 Å². The fourth-order valence-electron chi connectivity index (χ4n) is 3.98. The number of benzene rings is 1. The van der Waals surface area contributed by atoms with E-state index in [-0.39, 0.29) is 17.9 Å². The third kappa shape index (κ3) is 3.21. The monoisotopic (exact) mass is 332 g/mol. The Morgan fingerprint density at radius 1 is 1.25 bits per heavy atom. The number of hydrogen-bond acceptors (Lipinski definition) is 2. The summed E-state index contributed by atoms with van der Waals surface area (Å²) < 4.78 is 19.4. The summed E-state index contributed by atoms with van der Waals surface area (Å²) in [6.45, 7) is 0.605. The van der Waals surface area contributed by atoms with E-state index in [1.807, 2.05) is 11.9 Å². The van der Waals surface area contributed by atoms with Crippen LogP contribution in [0.15, 0.2) is 18.2 Å². The minimum absolute atomic E-state index is 0.0408. The first-order chi connectivity index (χ1) is 11.6. The van der Waals surface area contributed by atoms with Gasteiger partial charge in [0.2, 0.25) is 0 Å². The number of carbonyl (C=O) groups is 1. The molecule has 0 bridgehead atoms. The molecule has 4 nitrogen and oxygen atoms in total. The van der Waals surface area contributed by atoms with Gasteiger partial charge in [0.05, 0.1) is 12.6 Å². The second-order valence-electron chi connectivity index (χ2n) is 7.45. The van der Waals surface area contributed by atoms with Crippen LogP contribution in [0.2, 0.25) is 0 Å². The number of nitrogens with one attached hydrogen (secondary N) is 1. The van der Waals surface area contributed by atoms with Crippen molar-refractivity contribution in [1.82, 2.24) is 10.2 Å². The van der Waals surface area contributed by atoms with Gasteiger partial charge in [-0.05, 0) is 68.6 Å². The van der Waals surface area contributed by atoms with Gasteiger partial charge in [-0.15, -0.1) is 0 Å². The molecule has 5 heteroatoms. The summed E-state index contributed by atoms with van der Waals surface area (Å²) in [4.78, 5) is 14.7. The van der Waals surface area contributed by atoms with Gasteiger partial charge in [-0.25, -0.2) is 9.18 Å². The molecule has 1 aliphatic heterocycles. The van der Waals surface area contributed by atoms with Crippen molar-refractivity contribution in [2.45, 2.75) is 50.6 Å². The van der Waals surface area contributed by atoms with E-state index in [4.69, 9.17) is 4.74 Å². The molecule has 2 saturated carbocycles. The van der Waals surface area contributed by atoms with E-state index < -0.39 is 0 Å². The van der Waals surface area contributed by atoms with Crippen molar-refractivity contribution in [3.8, 4) is 5.75 Å². The van der Waals surface area contributed by atoms with Crippen molar-refractivity contribution < 1.29 is 13.9 Å². The minimum Gasteiger partial charge on any atom is -0.493 e. The predicted molar refractivity (Wildman–Crippen MR) is 89.4 cm³/mol. The SMILES string of the molecule is CN(C(=O)N[C@H]1CCCOc2ccc(F)cc21)C(C1CC1)C1CC1. The van der Waals surface area contributed by atoms with Crippen LogP contribution in [-0.4, -0.2) is 30.6 Å². The Kier molecular flexibility index (Phi) is 4.10. The van der Waals surface area contributed by atoms with Gasteiger partial charge in [0.1, 0.15) is 11.6 Å². The van der Waals surface area contributed by atoms with Crippen LogP contribution in [-0.2, 0) is 0 Å². The lowest BCUT2D eigenvalue weighted by Crippen LogP contribution is -2.46. The molecule has 1 atom stereocenters. The maximum absolute atomic E-state index is 13.7. The van der Waals surface area contributed by atoms with Crippen LogP contribution in [0.4, 0.5) is 9.18 Å². The van der Waals surface area contributed by atoms with Gasteiger partial charge in [0, 0.05) is 18.7 Å². The quantitative estimate of drug-likeness (QED) is 0.909. The molecule has 0 unspecified atom stereocenters. The average molecular weight is 332 g/mol. The first kappa shape index (κ1) is 15.7. The molecule has 130 valence electrons. The van der Waals surface area contributed by atoms with Crippen LogP contribution in [0, 0.1) is 17.7 Å². The van der Waals surface area contributed by atoms with Crippen LogP contribution in [0.25, 0.3) is 0 Å². The summed E-state index contributed by atoms with van der Waals surface area (Å²) in [7, 11) is 1.91. The molecule has 1 aromatic rings. The summed E-state index contributed by atoms with van der Waals surface area (Å²) in [5.41, 5.74) is 0.753. The number of halogens is 1. The van der Waals surface area contributed by atoms with Crippen molar-refractivity contribution in [1.29, 1.82) is 0 Å².